The number of carbonyl (C=O) groups excluding carboxylic acids is 1. The predicted molar refractivity (Wildman–Crippen MR) is 111 cm³/mol. The Morgan fingerprint density at radius 2 is 1.71 bits per heavy atom. The average Bonchev–Trinajstić information content (AvgIpc) is 3.13. The zero-order chi connectivity index (χ0) is 19.7. The molecule has 5 nitrogen and oxygen atoms in total. The van der Waals surface area contributed by atoms with Crippen LogP contribution in [0.4, 0.5) is 5.69 Å². The fraction of sp³-hybridized carbons (Fsp3) is 0.318. The monoisotopic (exact) mass is 396 g/mol. The van der Waals surface area contributed by atoms with E-state index < -0.39 is 10.0 Å². The predicted octanol–water partition coefficient (Wildman–Crippen LogP) is 4.97. The summed E-state index contributed by atoms with van der Waals surface area (Å²) in [5.74, 6) is 0.0581. The van der Waals surface area contributed by atoms with Crippen molar-refractivity contribution in [2.75, 3.05) is 4.72 Å². The summed E-state index contributed by atoms with van der Waals surface area (Å²) >= 11 is 0. The number of fused-ring (bicyclic) bond motifs is 1. The lowest BCUT2D eigenvalue weighted by Crippen LogP contribution is -2.23. The van der Waals surface area contributed by atoms with Gasteiger partial charge >= 0.3 is 0 Å². The molecule has 1 aromatic heterocycles. The molecule has 28 heavy (non-hydrogen) atoms. The van der Waals surface area contributed by atoms with Gasteiger partial charge in [-0.3, -0.25) is 14.1 Å². The molecule has 4 rings (SSSR count). The van der Waals surface area contributed by atoms with E-state index >= 15 is 0 Å². The smallest absolute Gasteiger partial charge is 0.261 e. The molecule has 1 aliphatic rings. The Labute approximate surface area is 165 Å². The van der Waals surface area contributed by atoms with Gasteiger partial charge in [0.05, 0.1) is 16.1 Å². The van der Waals surface area contributed by atoms with E-state index in [2.05, 4.69) is 4.72 Å². The van der Waals surface area contributed by atoms with Crippen molar-refractivity contribution >= 4 is 32.5 Å². The van der Waals surface area contributed by atoms with E-state index in [1.807, 2.05) is 19.1 Å². The molecule has 0 bridgehead atoms. The van der Waals surface area contributed by atoms with Crippen molar-refractivity contribution in [2.45, 2.75) is 43.9 Å². The van der Waals surface area contributed by atoms with Crippen molar-refractivity contribution < 1.29 is 13.2 Å². The second-order valence-electron chi connectivity index (χ2n) is 7.52. The highest BCUT2D eigenvalue weighted by Gasteiger charge is 2.25. The fourth-order valence-electron chi connectivity index (χ4n) is 3.93. The van der Waals surface area contributed by atoms with Crippen LogP contribution in [0.25, 0.3) is 10.9 Å². The van der Waals surface area contributed by atoms with Gasteiger partial charge in [-0.1, -0.05) is 49.1 Å². The van der Waals surface area contributed by atoms with Gasteiger partial charge in [-0.05, 0) is 44.0 Å². The van der Waals surface area contributed by atoms with Gasteiger partial charge in [-0.2, -0.15) is 0 Å². The number of anilines is 1. The molecule has 2 aromatic carbocycles. The zero-order valence-electron chi connectivity index (χ0n) is 15.9. The highest BCUT2D eigenvalue weighted by Crippen LogP contribution is 2.31. The summed E-state index contributed by atoms with van der Waals surface area (Å²) in [5.41, 5.74) is 2.04. The summed E-state index contributed by atoms with van der Waals surface area (Å²) in [5, 5.41) is 0.841. The normalized spacial score (nSPS) is 15.6. The van der Waals surface area contributed by atoms with Crippen molar-refractivity contribution in [1.29, 1.82) is 0 Å². The van der Waals surface area contributed by atoms with E-state index in [-0.39, 0.29) is 16.7 Å². The molecule has 1 fully saturated rings. The first-order valence-corrected chi connectivity index (χ1v) is 11.2. The van der Waals surface area contributed by atoms with Crippen molar-refractivity contribution in [3.63, 3.8) is 0 Å². The molecule has 1 N–H and O–H groups in total. The first-order chi connectivity index (χ1) is 13.5. The largest absolute Gasteiger partial charge is 0.285 e. The number of sulfonamides is 1. The third-order valence-corrected chi connectivity index (χ3v) is 6.86. The van der Waals surface area contributed by atoms with Crippen LogP contribution >= 0.6 is 0 Å². The number of para-hydroxylation sites is 1. The molecule has 0 unspecified atom stereocenters. The number of hydrogen-bond donors (Lipinski definition) is 1. The molecule has 0 radical (unpaired) electrons. The Morgan fingerprint density at radius 1 is 1.00 bits per heavy atom. The molecule has 0 aliphatic heterocycles. The molecular formula is C22H24N2O3S. The van der Waals surface area contributed by atoms with Crippen molar-refractivity contribution in [1.82, 2.24) is 4.57 Å². The summed E-state index contributed by atoms with van der Waals surface area (Å²) in [4.78, 5) is 13.3. The summed E-state index contributed by atoms with van der Waals surface area (Å²) in [7, 11) is -3.74. The lowest BCUT2D eigenvalue weighted by molar-refractivity contribution is 0.0807. The quantitative estimate of drug-likeness (QED) is 0.677. The minimum absolute atomic E-state index is 0.00566. The van der Waals surface area contributed by atoms with Crippen molar-refractivity contribution in [3.05, 3.63) is 60.3 Å². The molecule has 0 spiro atoms. The van der Waals surface area contributed by atoms with Gasteiger partial charge in [-0.25, -0.2) is 8.42 Å². The molecule has 1 aliphatic carbocycles. The molecule has 1 saturated carbocycles. The van der Waals surface area contributed by atoms with Crippen LogP contribution in [0.15, 0.2) is 59.6 Å². The molecule has 0 atom stereocenters. The van der Waals surface area contributed by atoms with E-state index in [0.29, 0.717) is 11.2 Å². The summed E-state index contributed by atoms with van der Waals surface area (Å²) in [6.07, 6.45) is 6.87. The van der Waals surface area contributed by atoms with Gasteiger partial charge in [-0.15, -0.1) is 0 Å². The molecule has 0 amide bonds. The number of aromatic nitrogens is 1. The number of carbonyl (C=O) groups is 1. The highest BCUT2D eigenvalue weighted by atomic mass is 32.2. The Morgan fingerprint density at radius 3 is 2.43 bits per heavy atom. The minimum atomic E-state index is -3.74. The number of nitrogens with zero attached hydrogens (tertiary/aromatic N) is 1. The van der Waals surface area contributed by atoms with Crippen LogP contribution in [0.3, 0.4) is 0 Å². The molecule has 0 saturated heterocycles. The van der Waals surface area contributed by atoms with Gasteiger partial charge in [0.1, 0.15) is 0 Å². The Hall–Kier alpha value is -2.60. The molecular weight excluding hydrogens is 372 g/mol. The number of aryl methyl sites for hydroxylation is 1. The standard InChI is InChI=1S/C22H24N2O3S/c1-16-10-12-19(13-11-16)28(26,27)23-20-9-5-8-17-14-15-24(21(17)20)22(25)18-6-3-2-4-7-18/h5,8-15,18,23H,2-4,6-7H2,1H3. The third kappa shape index (κ3) is 3.56. The first-order valence-electron chi connectivity index (χ1n) is 9.69. The van der Waals surface area contributed by atoms with Gasteiger partial charge in [0.25, 0.3) is 10.0 Å². The minimum Gasteiger partial charge on any atom is -0.285 e. The summed E-state index contributed by atoms with van der Waals surface area (Å²) < 4.78 is 30.0. The van der Waals surface area contributed by atoms with Crippen LogP contribution in [-0.2, 0) is 10.0 Å². The van der Waals surface area contributed by atoms with E-state index in [1.165, 1.54) is 6.42 Å². The fourth-order valence-corrected chi connectivity index (χ4v) is 4.99. The lowest BCUT2D eigenvalue weighted by Gasteiger charge is -2.21. The molecule has 1 heterocycles. The van der Waals surface area contributed by atoms with Crippen LogP contribution in [0.1, 0.15) is 42.5 Å². The molecule has 146 valence electrons. The Kier molecular flexibility index (Phi) is 4.98. The van der Waals surface area contributed by atoms with E-state index in [4.69, 9.17) is 0 Å². The number of nitrogens with one attached hydrogen (secondary N) is 1. The zero-order valence-corrected chi connectivity index (χ0v) is 16.7. The molecule has 6 heteroatoms. The van der Waals surface area contributed by atoms with Gasteiger partial charge in [0, 0.05) is 17.5 Å². The van der Waals surface area contributed by atoms with E-state index in [1.54, 1.807) is 47.2 Å². The van der Waals surface area contributed by atoms with Crippen LogP contribution in [0, 0.1) is 12.8 Å². The van der Waals surface area contributed by atoms with Crippen LogP contribution in [0.5, 0.6) is 0 Å². The van der Waals surface area contributed by atoms with Gasteiger partial charge in [0.15, 0.2) is 0 Å². The van der Waals surface area contributed by atoms with Crippen molar-refractivity contribution in [2.24, 2.45) is 5.92 Å². The summed E-state index contributed by atoms with van der Waals surface area (Å²) in [6, 6.07) is 14.0. The number of hydrogen-bond acceptors (Lipinski definition) is 3. The number of benzene rings is 2. The lowest BCUT2D eigenvalue weighted by atomic mass is 9.88. The first kappa shape index (κ1) is 18.7. The van der Waals surface area contributed by atoms with Crippen LogP contribution in [-0.4, -0.2) is 18.9 Å². The van der Waals surface area contributed by atoms with E-state index in [0.717, 1.165) is 36.6 Å². The average molecular weight is 397 g/mol. The third-order valence-electron chi connectivity index (χ3n) is 5.48. The molecule has 3 aromatic rings. The van der Waals surface area contributed by atoms with E-state index in [9.17, 15) is 13.2 Å². The topological polar surface area (TPSA) is 68.2 Å². The van der Waals surface area contributed by atoms with Crippen LogP contribution < -0.4 is 4.72 Å². The maximum atomic E-state index is 13.1. The van der Waals surface area contributed by atoms with Crippen LogP contribution in [0.2, 0.25) is 0 Å². The second-order valence-corrected chi connectivity index (χ2v) is 9.20. The SMILES string of the molecule is Cc1ccc(S(=O)(=O)Nc2cccc3ccn(C(=O)C4CCCCC4)c23)cc1. The number of rotatable bonds is 4. The maximum absolute atomic E-state index is 13.1. The Balaban J connectivity index is 1.72. The highest BCUT2D eigenvalue weighted by molar-refractivity contribution is 7.92. The van der Waals surface area contributed by atoms with Crippen molar-refractivity contribution in [3.8, 4) is 0 Å². The maximum Gasteiger partial charge on any atom is 0.261 e. The second kappa shape index (κ2) is 7.43. The van der Waals surface area contributed by atoms with Gasteiger partial charge < -0.3 is 0 Å². The summed E-state index contributed by atoms with van der Waals surface area (Å²) in [6.45, 7) is 1.91. The Bertz CT molecular complexity index is 1110. The van der Waals surface area contributed by atoms with Gasteiger partial charge in [0.2, 0.25) is 5.91 Å².